The zero-order valence-corrected chi connectivity index (χ0v) is 17.1. The average Bonchev–Trinajstić information content (AvgIpc) is 3.11. The molecule has 1 amide bonds. The van der Waals surface area contributed by atoms with Crippen molar-refractivity contribution in [3.8, 4) is 11.5 Å². The number of amidine groups is 1. The molecule has 2 aromatic carbocycles. The third kappa shape index (κ3) is 5.71. The van der Waals surface area contributed by atoms with Crippen molar-refractivity contribution in [1.29, 1.82) is 0 Å². The van der Waals surface area contributed by atoms with Gasteiger partial charge in [-0.2, -0.15) is 5.10 Å². The lowest BCUT2D eigenvalue weighted by atomic mass is 10.2. The van der Waals surface area contributed by atoms with Crippen LogP contribution < -0.4 is 14.8 Å². The molecule has 0 aliphatic carbocycles. The van der Waals surface area contributed by atoms with Gasteiger partial charge in [0.15, 0.2) is 5.17 Å². The molecule has 0 bridgehead atoms. The van der Waals surface area contributed by atoms with Gasteiger partial charge in [-0.3, -0.25) is 10.1 Å². The van der Waals surface area contributed by atoms with Gasteiger partial charge in [-0.1, -0.05) is 30.3 Å². The molecule has 0 aromatic heterocycles. The fraction of sp³-hybridized carbons (Fsp3) is 0.143. The maximum atomic E-state index is 11.8. The molecule has 1 fully saturated rings. The second kappa shape index (κ2) is 10.3. The highest BCUT2D eigenvalue weighted by molar-refractivity contribution is 8.18. The molecule has 2 aromatic rings. The number of methoxy groups -OCH3 is 2. The first-order valence-electron chi connectivity index (χ1n) is 8.83. The van der Waals surface area contributed by atoms with E-state index in [0.717, 1.165) is 23.4 Å². The number of rotatable bonds is 7. The standard InChI is InChI=1S/C21H19N3O5S/c1-27-17-9-8-16(29-13-14-6-4-3-5-7-14)10-15(17)12-22-24-21-23-20(26)18(30-21)11-19(25)28-2/h3-12H,13H2,1-2H3,(H,23,24,26)/b18-11+,22-12?. The van der Waals surface area contributed by atoms with Crippen molar-refractivity contribution in [2.75, 3.05) is 14.2 Å². The number of amides is 1. The molecule has 1 aliphatic heterocycles. The highest BCUT2D eigenvalue weighted by atomic mass is 32.2. The highest BCUT2D eigenvalue weighted by Crippen LogP contribution is 2.25. The van der Waals surface area contributed by atoms with Crippen LogP contribution in [0.25, 0.3) is 0 Å². The molecule has 30 heavy (non-hydrogen) atoms. The Bertz CT molecular complexity index is 1020. The molecule has 154 valence electrons. The number of hydrogen-bond donors (Lipinski definition) is 1. The lowest BCUT2D eigenvalue weighted by molar-refractivity contribution is -0.135. The Hall–Kier alpha value is -3.59. The number of thioether (sulfide) groups is 1. The SMILES string of the molecule is COC(=O)/C=C1/S/C(=N\N=Cc2cc(OCc3ccccc3)ccc2OC)NC1=O. The van der Waals surface area contributed by atoms with Gasteiger partial charge in [0, 0.05) is 11.6 Å². The van der Waals surface area contributed by atoms with Crippen LogP contribution in [0.15, 0.2) is 69.7 Å². The van der Waals surface area contributed by atoms with Crippen LogP contribution in [0.1, 0.15) is 11.1 Å². The summed E-state index contributed by atoms with van der Waals surface area (Å²) >= 11 is 0.996. The Morgan fingerprint density at radius 1 is 1.17 bits per heavy atom. The Kier molecular flexibility index (Phi) is 7.23. The molecule has 8 nitrogen and oxygen atoms in total. The first-order valence-corrected chi connectivity index (χ1v) is 9.65. The van der Waals surface area contributed by atoms with E-state index in [4.69, 9.17) is 9.47 Å². The normalized spacial score (nSPS) is 16.1. The average molecular weight is 425 g/mol. The number of benzene rings is 2. The minimum atomic E-state index is -0.616. The molecule has 0 radical (unpaired) electrons. The largest absolute Gasteiger partial charge is 0.496 e. The summed E-state index contributed by atoms with van der Waals surface area (Å²) in [4.78, 5) is 23.3. The van der Waals surface area contributed by atoms with Crippen molar-refractivity contribution in [2.24, 2.45) is 10.2 Å². The minimum Gasteiger partial charge on any atom is -0.496 e. The second-order valence-electron chi connectivity index (χ2n) is 5.92. The van der Waals surface area contributed by atoms with E-state index in [1.165, 1.54) is 13.3 Å². The summed E-state index contributed by atoms with van der Waals surface area (Å²) < 4.78 is 15.7. The minimum absolute atomic E-state index is 0.185. The molecular formula is C21H19N3O5S. The van der Waals surface area contributed by atoms with Crippen molar-refractivity contribution in [3.05, 3.63) is 70.6 Å². The molecule has 0 saturated carbocycles. The summed E-state index contributed by atoms with van der Waals surface area (Å²) in [6.45, 7) is 0.435. The van der Waals surface area contributed by atoms with Crippen LogP contribution in [-0.2, 0) is 20.9 Å². The predicted octanol–water partition coefficient (Wildman–Crippen LogP) is 2.88. The topological polar surface area (TPSA) is 98.6 Å². The summed E-state index contributed by atoms with van der Waals surface area (Å²) in [5, 5.41) is 10.8. The third-order valence-electron chi connectivity index (χ3n) is 3.90. The molecule has 1 N–H and O–H groups in total. The molecule has 1 aliphatic rings. The summed E-state index contributed by atoms with van der Waals surface area (Å²) in [6.07, 6.45) is 2.60. The second-order valence-corrected chi connectivity index (χ2v) is 6.95. The number of carbonyl (C=O) groups is 2. The fourth-order valence-electron chi connectivity index (χ4n) is 2.43. The first-order chi connectivity index (χ1) is 14.6. The van der Waals surface area contributed by atoms with Crippen molar-refractivity contribution in [1.82, 2.24) is 5.32 Å². The summed E-state index contributed by atoms with van der Waals surface area (Å²) in [6, 6.07) is 15.2. The van der Waals surface area contributed by atoms with Gasteiger partial charge in [0.25, 0.3) is 5.91 Å². The first kappa shape index (κ1) is 21.1. The Morgan fingerprint density at radius 3 is 2.70 bits per heavy atom. The van der Waals surface area contributed by atoms with E-state index in [-0.39, 0.29) is 10.1 Å². The lowest BCUT2D eigenvalue weighted by Gasteiger charge is -2.09. The van der Waals surface area contributed by atoms with Gasteiger partial charge in [0.2, 0.25) is 0 Å². The van der Waals surface area contributed by atoms with E-state index in [1.807, 2.05) is 36.4 Å². The smallest absolute Gasteiger partial charge is 0.331 e. The van der Waals surface area contributed by atoms with E-state index in [9.17, 15) is 9.59 Å². The Morgan fingerprint density at radius 2 is 1.97 bits per heavy atom. The van der Waals surface area contributed by atoms with Crippen LogP contribution in [0, 0.1) is 0 Å². The third-order valence-corrected chi connectivity index (χ3v) is 4.80. The van der Waals surface area contributed by atoms with E-state index >= 15 is 0 Å². The van der Waals surface area contributed by atoms with Crippen LogP contribution in [0.5, 0.6) is 11.5 Å². The summed E-state index contributed by atoms with van der Waals surface area (Å²) in [5.41, 5.74) is 1.71. The summed E-state index contributed by atoms with van der Waals surface area (Å²) in [5.74, 6) is 0.198. The van der Waals surface area contributed by atoms with Crippen molar-refractivity contribution < 1.29 is 23.8 Å². The Balaban J connectivity index is 1.69. The molecule has 1 saturated heterocycles. The number of nitrogens with one attached hydrogen (secondary N) is 1. The number of esters is 1. The van der Waals surface area contributed by atoms with E-state index in [1.54, 1.807) is 19.2 Å². The van der Waals surface area contributed by atoms with Gasteiger partial charge in [-0.05, 0) is 35.5 Å². The maximum Gasteiger partial charge on any atom is 0.331 e. The van der Waals surface area contributed by atoms with Gasteiger partial charge >= 0.3 is 5.97 Å². The van der Waals surface area contributed by atoms with E-state index < -0.39 is 11.9 Å². The highest BCUT2D eigenvalue weighted by Gasteiger charge is 2.25. The molecular weight excluding hydrogens is 406 g/mol. The van der Waals surface area contributed by atoms with Crippen molar-refractivity contribution >= 4 is 35.0 Å². The van der Waals surface area contributed by atoms with Crippen LogP contribution in [-0.4, -0.2) is 37.5 Å². The van der Waals surface area contributed by atoms with Crippen LogP contribution in [0.2, 0.25) is 0 Å². The van der Waals surface area contributed by atoms with Crippen molar-refractivity contribution in [2.45, 2.75) is 6.61 Å². The van der Waals surface area contributed by atoms with Crippen molar-refractivity contribution in [3.63, 3.8) is 0 Å². The zero-order valence-electron chi connectivity index (χ0n) is 16.3. The molecule has 3 rings (SSSR count). The molecule has 0 atom stereocenters. The van der Waals surface area contributed by atoms with Gasteiger partial charge in [0.1, 0.15) is 18.1 Å². The zero-order chi connectivity index (χ0) is 21.3. The quantitative estimate of drug-likeness (QED) is 0.317. The van der Waals surface area contributed by atoms with Gasteiger partial charge < -0.3 is 14.2 Å². The van der Waals surface area contributed by atoms with Gasteiger partial charge in [-0.15, -0.1) is 5.10 Å². The van der Waals surface area contributed by atoms with E-state index in [0.29, 0.717) is 23.7 Å². The molecule has 9 heteroatoms. The molecule has 0 spiro atoms. The van der Waals surface area contributed by atoms with Gasteiger partial charge in [0.05, 0.1) is 25.3 Å². The van der Waals surface area contributed by atoms with Crippen LogP contribution in [0.3, 0.4) is 0 Å². The van der Waals surface area contributed by atoms with E-state index in [2.05, 4.69) is 20.3 Å². The number of nitrogens with zero attached hydrogens (tertiary/aromatic N) is 2. The number of ether oxygens (including phenoxy) is 3. The van der Waals surface area contributed by atoms with Crippen LogP contribution in [0.4, 0.5) is 0 Å². The summed E-state index contributed by atoms with van der Waals surface area (Å²) in [7, 11) is 2.79. The number of hydrogen-bond acceptors (Lipinski definition) is 8. The lowest BCUT2D eigenvalue weighted by Crippen LogP contribution is -2.19. The predicted molar refractivity (Wildman–Crippen MR) is 115 cm³/mol. The maximum absolute atomic E-state index is 11.8. The monoisotopic (exact) mass is 425 g/mol. The van der Waals surface area contributed by atoms with Crippen LogP contribution >= 0.6 is 11.8 Å². The molecule has 0 unspecified atom stereocenters. The molecule has 1 heterocycles. The Labute approximate surface area is 177 Å². The van der Waals surface area contributed by atoms with Gasteiger partial charge in [-0.25, -0.2) is 4.79 Å². The number of carbonyl (C=O) groups excluding carboxylic acids is 2. The fourth-order valence-corrected chi connectivity index (χ4v) is 3.17.